The van der Waals surface area contributed by atoms with Crippen LogP contribution in [0.3, 0.4) is 0 Å². The number of thioether (sulfide) groups is 1. The van der Waals surface area contributed by atoms with Gasteiger partial charge in [0.15, 0.2) is 0 Å². The molecule has 3 aliphatic heterocycles. The Morgan fingerprint density at radius 1 is 1.18 bits per heavy atom. The molecule has 1 spiro atoms. The highest BCUT2D eigenvalue weighted by Crippen LogP contribution is 2.68. The van der Waals surface area contributed by atoms with Crippen molar-refractivity contribution in [2.24, 2.45) is 17.8 Å². The van der Waals surface area contributed by atoms with Crippen LogP contribution in [0.4, 0.5) is 11.4 Å². The van der Waals surface area contributed by atoms with E-state index < -0.39 is 22.6 Å². The molecule has 3 heterocycles. The van der Waals surface area contributed by atoms with E-state index in [-0.39, 0.29) is 42.0 Å². The molecule has 3 amide bonds. The number of likely N-dealkylation sites (tertiary alicyclic amines) is 1. The molecular formula is C28H32ClN3O5S. The second-order valence-corrected chi connectivity index (χ2v) is 12.1. The molecule has 5 rings (SSSR count). The Labute approximate surface area is 231 Å². The molecule has 3 aliphatic rings. The van der Waals surface area contributed by atoms with Gasteiger partial charge < -0.3 is 25.4 Å². The van der Waals surface area contributed by atoms with Crippen molar-refractivity contribution in [3.8, 4) is 5.75 Å². The topological polar surface area (TPSA) is 108 Å². The van der Waals surface area contributed by atoms with Crippen LogP contribution in [0, 0.1) is 24.7 Å². The lowest BCUT2D eigenvalue weighted by atomic mass is 9.66. The molecule has 0 radical (unpaired) electrons. The van der Waals surface area contributed by atoms with E-state index in [4.69, 9.17) is 16.3 Å². The summed E-state index contributed by atoms with van der Waals surface area (Å²) in [5.74, 6) is -1.36. The monoisotopic (exact) mass is 557 g/mol. The number of amides is 3. The zero-order chi connectivity index (χ0) is 27.2. The van der Waals surface area contributed by atoms with E-state index in [1.54, 1.807) is 42.1 Å². The molecule has 8 nitrogen and oxygen atoms in total. The molecule has 10 heteroatoms. The van der Waals surface area contributed by atoms with Crippen molar-refractivity contribution in [3.05, 3.63) is 53.1 Å². The van der Waals surface area contributed by atoms with Crippen LogP contribution in [0.25, 0.3) is 0 Å². The molecule has 6 atom stereocenters. The zero-order valence-corrected chi connectivity index (χ0v) is 23.1. The molecule has 3 unspecified atom stereocenters. The molecule has 2 bridgehead atoms. The number of halogens is 1. The minimum Gasteiger partial charge on any atom is -0.494 e. The Morgan fingerprint density at radius 3 is 2.58 bits per heavy atom. The Kier molecular flexibility index (Phi) is 7.37. The number of nitrogens with zero attached hydrogens (tertiary/aromatic N) is 1. The van der Waals surface area contributed by atoms with Crippen molar-refractivity contribution < 1.29 is 24.2 Å². The normalized spacial score (nSPS) is 29.3. The second-order valence-electron chi connectivity index (χ2n) is 10.2. The maximum Gasteiger partial charge on any atom is 0.248 e. The summed E-state index contributed by atoms with van der Waals surface area (Å²) in [6.07, 6.45) is 0.720. The fourth-order valence-electron chi connectivity index (χ4n) is 6.48. The van der Waals surface area contributed by atoms with Crippen LogP contribution >= 0.6 is 23.4 Å². The van der Waals surface area contributed by atoms with Gasteiger partial charge in [0, 0.05) is 17.5 Å². The third-order valence-corrected chi connectivity index (χ3v) is 10.4. The third kappa shape index (κ3) is 4.25. The van der Waals surface area contributed by atoms with Crippen molar-refractivity contribution in [1.82, 2.24) is 4.90 Å². The summed E-state index contributed by atoms with van der Waals surface area (Å²) in [5.41, 5.74) is 1.93. The Morgan fingerprint density at radius 2 is 1.92 bits per heavy atom. The number of carbonyl (C=O) groups is 3. The van der Waals surface area contributed by atoms with Crippen LogP contribution in [-0.2, 0) is 14.4 Å². The lowest BCUT2D eigenvalue weighted by molar-refractivity contribution is -0.138. The lowest BCUT2D eigenvalue weighted by Gasteiger charge is -2.38. The van der Waals surface area contributed by atoms with Crippen molar-refractivity contribution in [3.63, 3.8) is 0 Å². The predicted molar refractivity (Wildman–Crippen MR) is 149 cm³/mol. The van der Waals surface area contributed by atoms with Gasteiger partial charge in [-0.1, -0.05) is 30.7 Å². The molecule has 202 valence electrons. The van der Waals surface area contributed by atoms with Crippen molar-refractivity contribution in [2.45, 2.75) is 43.2 Å². The number of anilines is 2. The molecule has 0 aliphatic carbocycles. The molecule has 0 saturated carbocycles. The van der Waals surface area contributed by atoms with Crippen LogP contribution in [0.2, 0.25) is 5.02 Å². The first kappa shape index (κ1) is 26.8. The van der Waals surface area contributed by atoms with Gasteiger partial charge in [-0.25, -0.2) is 0 Å². The highest BCUT2D eigenvalue weighted by Gasteiger charge is 2.75. The van der Waals surface area contributed by atoms with Gasteiger partial charge in [0.2, 0.25) is 17.7 Å². The first-order chi connectivity index (χ1) is 18.2. The van der Waals surface area contributed by atoms with E-state index in [9.17, 15) is 19.5 Å². The largest absolute Gasteiger partial charge is 0.494 e. The summed E-state index contributed by atoms with van der Waals surface area (Å²) in [5, 5.41) is 16.1. The average Bonchev–Trinajstić information content (AvgIpc) is 3.47. The van der Waals surface area contributed by atoms with Gasteiger partial charge in [0.05, 0.1) is 40.5 Å². The molecule has 3 fully saturated rings. The highest BCUT2D eigenvalue weighted by molar-refractivity contribution is 8.02. The number of nitrogens with one attached hydrogen (secondary N) is 2. The Balaban J connectivity index is 1.46. The predicted octanol–water partition coefficient (Wildman–Crippen LogP) is 3.95. The number of aliphatic hydroxyl groups is 1. The maximum absolute atomic E-state index is 13.9. The number of hydrogen-bond acceptors (Lipinski definition) is 6. The number of aliphatic hydroxyl groups excluding tert-OH is 1. The summed E-state index contributed by atoms with van der Waals surface area (Å²) < 4.78 is 4.70. The number of para-hydroxylation sites is 1. The molecule has 2 aromatic rings. The summed E-state index contributed by atoms with van der Waals surface area (Å²) >= 11 is 7.97. The molecule has 38 heavy (non-hydrogen) atoms. The number of fused-ring (bicyclic) bond motifs is 1. The SMILES string of the molecule is CCOc1ccc(NC(=O)[C@@H]2[C@@H]3CC(C)C4(S3)C(C(=O)Nc3c(C)cccc3Cl)N(CCO)C(=O)[C@H]24)cc1. The molecule has 0 aromatic heterocycles. The fraction of sp³-hybridized carbons (Fsp3) is 0.464. The Hall–Kier alpha value is -2.75. The number of hydrogen-bond donors (Lipinski definition) is 3. The van der Waals surface area contributed by atoms with Crippen LogP contribution in [-0.4, -0.2) is 63.5 Å². The van der Waals surface area contributed by atoms with E-state index >= 15 is 0 Å². The smallest absolute Gasteiger partial charge is 0.248 e. The number of rotatable bonds is 8. The van der Waals surface area contributed by atoms with Gasteiger partial charge in [-0.2, -0.15) is 0 Å². The number of carbonyl (C=O) groups excluding carboxylic acids is 3. The van der Waals surface area contributed by atoms with Crippen molar-refractivity contribution in [1.29, 1.82) is 0 Å². The van der Waals surface area contributed by atoms with Crippen LogP contribution in [0.1, 0.15) is 25.8 Å². The maximum atomic E-state index is 13.9. The van der Waals surface area contributed by atoms with Gasteiger partial charge in [0.25, 0.3) is 0 Å². The second kappa shape index (κ2) is 10.4. The fourth-order valence-corrected chi connectivity index (χ4v) is 9.17. The summed E-state index contributed by atoms with van der Waals surface area (Å²) in [6.45, 7) is 6.09. The van der Waals surface area contributed by atoms with Crippen LogP contribution in [0.5, 0.6) is 5.75 Å². The van der Waals surface area contributed by atoms with Gasteiger partial charge in [-0.15, -0.1) is 11.8 Å². The first-order valence-electron chi connectivity index (χ1n) is 12.9. The molecule has 3 saturated heterocycles. The zero-order valence-electron chi connectivity index (χ0n) is 21.6. The minimum absolute atomic E-state index is 0.0157. The summed E-state index contributed by atoms with van der Waals surface area (Å²) in [4.78, 5) is 42.9. The minimum atomic E-state index is -0.837. The van der Waals surface area contributed by atoms with E-state index in [0.29, 0.717) is 28.8 Å². The number of β-amino-alcohol motifs (C(OH)–C–C–N with tert-alkyl or cyclic N) is 1. The van der Waals surface area contributed by atoms with E-state index in [1.165, 1.54) is 4.90 Å². The number of benzene rings is 2. The molecule has 2 aromatic carbocycles. The lowest BCUT2D eigenvalue weighted by Crippen LogP contribution is -2.55. The van der Waals surface area contributed by atoms with E-state index in [1.807, 2.05) is 26.0 Å². The van der Waals surface area contributed by atoms with E-state index in [2.05, 4.69) is 17.6 Å². The van der Waals surface area contributed by atoms with Gasteiger partial charge in [0.1, 0.15) is 11.8 Å². The van der Waals surface area contributed by atoms with E-state index in [0.717, 1.165) is 12.0 Å². The molecular weight excluding hydrogens is 526 g/mol. The average molecular weight is 558 g/mol. The first-order valence-corrected chi connectivity index (χ1v) is 14.2. The van der Waals surface area contributed by atoms with Crippen LogP contribution in [0.15, 0.2) is 42.5 Å². The quantitative estimate of drug-likeness (QED) is 0.453. The van der Waals surface area contributed by atoms with Crippen molar-refractivity contribution in [2.75, 3.05) is 30.4 Å². The standard InChI is InChI=1S/C28H32ClN3O5S/c1-4-37-18-10-8-17(9-11-18)30-25(34)21-20-14-16(3)28(38-20)22(21)27(36)32(12-13-33)24(28)26(35)31-23-15(2)6-5-7-19(23)29/h5-11,16,20-22,24,33H,4,12-14H2,1-3H3,(H,30,34)(H,31,35)/t16?,20-,21+,22-,24?,28?/m0/s1. The van der Waals surface area contributed by atoms with Gasteiger partial charge >= 0.3 is 0 Å². The van der Waals surface area contributed by atoms with Crippen LogP contribution < -0.4 is 15.4 Å². The van der Waals surface area contributed by atoms with Gasteiger partial charge in [-0.05, 0) is 62.1 Å². The number of aryl methyl sites for hydroxylation is 1. The Bertz CT molecular complexity index is 1240. The van der Waals surface area contributed by atoms with Crippen molar-refractivity contribution >= 4 is 52.5 Å². The highest BCUT2D eigenvalue weighted by atomic mass is 35.5. The summed E-state index contributed by atoms with van der Waals surface area (Å²) in [6, 6.07) is 11.7. The molecule has 3 N–H and O–H groups in total. The summed E-state index contributed by atoms with van der Waals surface area (Å²) in [7, 11) is 0. The number of ether oxygens (including phenoxy) is 1. The van der Waals surface area contributed by atoms with Gasteiger partial charge in [-0.3, -0.25) is 14.4 Å². The third-order valence-electron chi connectivity index (χ3n) is 8.04.